The van der Waals surface area contributed by atoms with Crippen molar-refractivity contribution in [2.45, 2.75) is 44.6 Å². The number of halogens is 2. The normalized spacial score (nSPS) is 24.5. The van der Waals surface area contributed by atoms with Gasteiger partial charge in [-0.2, -0.15) is 0 Å². The Labute approximate surface area is 189 Å². The molecule has 1 heterocycles. The van der Waals surface area contributed by atoms with E-state index in [0.717, 1.165) is 11.1 Å². The van der Waals surface area contributed by atoms with Crippen LogP contribution in [0.25, 0.3) is 0 Å². The zero-order chi connectivity index (χ0) is 21.3. The highest BCUT2D eigenvalue weighted by atomic mass is 79.9. The van der Waals surface area contributed by atoms with Crippen LogP contribution in [-0.4, -0.2) is 37.0 Å². The van der Waals surface area contributed by atoms with E-state index in [-0.39, 0.29) is 6.61 Å². The van der Waals surface area contributed by atoms with Gasteiger partial charge in [0.25, 0.3) is 0 Å². The fourth-order valence-corrected chi connectivity index (χ4v) is 3.95. The van der Waals surface area contributed by atoms with E-state index in [1.165, 1.54) is 6.92 Å². The van der Waals surface area contributed by atoms with Crippen LogP contribution in [-0.2, 0) is 41.2 Å². The van der Waals surface area contributed by atoms with Crippen molar-refractivity contribution in [1.82, 2.24) is 0 Å². The predicted molar refractivity (Wildman–Crippen MR) is 114 cm³/mol. The second-order valence-electron chi connectivity index (χ2n) is 6.80. The first kappa shape index (κ1) is 23.2. The minimum atomic E-state index is -0.725. The summed E-state index contributed by atoms with van der Waals surface area (Å²) in [4.78, 5) is 11.3. The van der Waals surface area contributed by atoms with Crippen molar-refractivity contribution in [3.63, 3.8) is 0 Å². The van der Waals surface area contributed by atoms with Crippen LogP contribution in [0.4, 0.5) is 0 Å². The number of benzene rings is 2. The highest BCUT2D eigenvalue weighted by Gasteiger charge is 2.49. The van der Waals surface area contributed by atoms with E-state index in [0.29, 0.717) is 18.2 Å². The molecule has 2 aromatic carbocycles. The van der Waals surface area contributed by atoms with Gasteiger partial charge in [0.2, 0.25) is 0 Å². The van der Waals surface area contributed by atoms with Gasteiger partial charge in [-0.05, 0) is 27.1 Å². The highest BCUT2D eigenvalue weighted by Crippen LogP contribution is 2.37. The maximum atomic E-state index is 11.3. The van der Waals surface area contributed by atoms with Crippen molar-refractivity contribution in [3.05, 3.63) is 76.8 Å². The Balaban J connectivity index is 1.75. The van der Waals surface area contributed by atoms with Crippen molar-refractivity contribution in [2.75, 3.05) is 6.61 Å². The molecule has 4 atom stereocenters. The molecule has 1 aliphatic heterocycles. The van der Waals surface area contributed by atoms with Crippen molar-refractivity contribution in [3.8, 4) is 0 Å². The van der Waals surface area contributed by atoms with Crippen molar-refractivity contribution in [1.29, 1.82) is 0 Å². The monoisotopic (exact) mass is 497 g/mol. The fourth-order valence-electron chi connectivity index (χ4n) is 3.10. The molecular weight excluding hydrogens is 476 g/mol. The van der Waals surface area contributed by atoms with Crippen LogP contribution >= 0.6 is 27.8 Å². The van der Waals surface area contributed by atoms with E-state index in [1.54, 1.807) is 0 Å². The molecule has 3 rings (SSSR count). The second kappa shape index (κ2) is 11.8. The Morgan fingerprint density at radius 2 is 1.53 bits per heavy atom. The van der Waals surface area contributed by atoms with Crippen molar-refractivity contribution >= 4 is 33.8 Å². The fraction of sp³-hybridized carbons (Fsp3) is 0.364. The van der Waals surface area contributed by atoms with Crippen LogP contribution in [0.3, 0.4) is 0 Å². The first-order valence-electron chi connectivity index (χ1n) is 9.49. The number of ether oxygens (including phenoxy) is 4. The standard InChI is InChI=1S/C22H23BrClO6/c1-15(25)26-14-18-19(30-24)20(27-12-16-8-4-2-5-9-16)21(22(23)29-18)28-13-17-10-6-3-7-11-17/h2-11,18-21H,12-14H2,1H3/t18-,19-,20+,21-/m1/s1. The zero-order valence-corrected chi connectivity index (χ0v) is 18.8. The summed E-state index contributed by atoms with van der Waals surface area (Å²) < 4.78 is 28.4. The Bertz CT molecular complexity index is 778. The first-order chi connectivity index (χ1) is 14.6. The molecule has 0 amide bonds. The number of carbonyl (C=O) groups is 1. The Kier molecular flexibility index (Phi) is 9.11. The molecule has 2 aromatic rings. The average Bonchev–Trinajstić information content (AvgIpc) is 2.76. The minimum Gasteiger partial charge on any atom is -0.463 e. The summed E-state index contributed by atoms with van der Waals surface area (Å²) in [5, 5.41) is 0.429. The average molecular weight is 499 g/mol. The number of esters is 1. The van der Waals surface area contributed by atoms with Gasteiger partial charge in [0, 0.05) is 6.92 Å². The third-order valence-electron chi connectivity index (χ3n) is 4.59. The zero-order valence-electron chi connectivity index (χ0n) is 16.4. The van der Waals surface area contributed by atoms with E-state index in [2.05, 4.69) is 15.9 Å². The number of hydrogen-bond donors (Lipinski definition) is 0. The Morgan fingerprint density at radius 3 is 2.07 bits per heavy atom. The van der Waals surface area contributed by atoms with E-state index < -0.39 is 30.4 Å². The Morgan fingerprint density at radius 1 is 0.967 bits per heavy atom. The van der Waals surface area contributed by atoms with E-state index in [4.69, 9.17) is 35.1 Å². The van der Waals surface area contributed by atoms with Crippen LogP contribution < -0.4 is 0 Å². The van der Waals surface area contributed by atoms with Gasteiger partial charge >= 0.3 is 5.97 Å². The number of rotatable bonds is 9. The van der Waals surface area contributed by atoms with Crippen LogP contribution in [0.1, 0.15) is 18.1 Å². The topological polar surface area (TPSA) is 63.2 Å². The molecule has 8 heteroatoms. The van der Waals surface area contributed by atoms with E-state index in [1.807, 2.05) is 60.7 Å². The number of hydrogen-bond acceptors (Lipinski definition) is 6. The molecule has 0 unspecified atom stereocenters. The lowest BCUT2D eigenvalue weighted by Crippen LogP contribution is -2.56. The van der Waals surface area contributed by atoms with Gasteiger partial charge < -0.3 is 18.9 Å². The smallest absolute Gasteiger partial charge is 0.302 e. The summed E-state index contributed by atoms with van der Waals surface area (Å²) >= 11 is 9.27. The quantitative estimate of drug-likeness (QED) is 0.473. The van der Waals surface area contributed by atoms with Crippen molar-refractivity contribution in [2.24, 2.45) is 0 Å². The SMILES string of the molecule is CC(=O)OC[C@H]1O[C](Br)[C@H](OCc2ccccc2)[C@@H](OCc2ccccc2)[C@@H]1OCl. The third-order valence-corrected chi connectivity index (χ3v) is 5.43. The molecule has 0 bridgehead atoms. The van der Waals surface area contributed by atoms with Crippen LogP contribution in [0, 0.1) is 5.01 Å². The lowest BCUT2D eigenvalue weighted by atomic mass is 9.99. The van der Waals surface area contributed by atoms with Crippen LogP contribution in [0.15, 0.2) is 60.7 Å². The van der Waals surface area contributed by atoms with Gasteiger partial charge in [0.1, 0.15) is 31.0 Å². The largest absolute Gasteiger partial charge is 0.463 e. The first-order valence-corrected chi connectivity index (χ1v) is 10.6. The minimum absolute atomic E-state index is 0.0293. The van der Waals surface area contributed by atoms with Crippen LogP contribution in [0.2, 0.25) is 0 Å². The molecule has 30 heavy (non-hydrogen) atoms. The van der Waals surface area contributed by atoms with E-state index in [9.17, 15) is 4.79 Å². The molecule has 161 valence electrons. The maximum Gasteiger partial charge on any atom is 0.302 e. The lowest BCUT2D eigenvalue weighted by molar-refractivity contribution is -0.206. The summed E-state index contributed by atoms with van der Waals surface area (Å²) in [6, 6.07) is 19.5. The van der Waals surface area contributed by atoms with Gasteiger partial charge in [-0.1, -0.05) is 60.7 Å². The van der Waals surface area contributed by atoms with Gasteiger partial charge in [-0.3, -0.25) is 9.08 Å². The summed E-state index contributed by atoms with van der Waals surface area (Å²) in [7, 11) is 0. The molecule has 6 nitrogen and oxygen atoms in total. The van der Waals surface area contributed by atoms with E-state index >= 15 is 0 Å². The molecule has 1 aliphatic rings. The predicted octanol–water partition coefficient (Wildman–Crippen LogP) is 4.54. The van der Waals surface area contributed by atoms with Gasteiger partial charge in [0.05, 0.1) is 25.1 Å². The molecular formula is C22H23BrClO6. The molecule has 1 radical (unpaired) electrons. The van der Waals surface area contributed by atoms with Gasteiger partial charge in [-0.25, -0.2) is 0 Å². The lowest BCUT2D eigenvalue weighted by Gasteiger charge is -2.42. The molecule has 0 N–H and O–H groups in total. The second-order valence-corrected chi connectivity index (χ2v) is 7.75. The summed E-state index contributed by atoms with van der Waals surface area (Å²) in [6.07, 6.45) is -2.57. The third kappa shape index (κ3) is 6.51. The molecule has 0 saturated carbocycles. The molecule has 0 spiro atoms. The summed E-state index contributed by atoms with van der Waals surface area (Å²) in [6.45, 7) is 1.97. The molecule has 1 saturated heterocycles. The van der Waals surface area contributed by atoms with Gasteiger partial charge in [0.15, 0.2) is 5.01 Å². The van der Waals surface area contributed by atoms with Gasteiger partial charge in [-0.15, -0.1) is 0 Å². The number of carbonyl (C=O) groups excluding carboxylic acids is 1. The molecule has 0 aliphatic carbocycles. The summed E-state index contributed by atoms with van der Waals surface area (Å²) in [5.74, 6) is -0.424. The van der Waals surface area contributed by atoms with Crippen LogP contribution in [0.5, 0.6) is 0 Å². The summed E-state index contributed by atoms with van der Waals surface area (Å²) in [5.41, 5.74) is 2.00. The maximum absolute atomic E-state index is 11.3. The Hall–Kier alpha value is -1.48. The molecule has 0 aromatic heterocycles. The molecule has 1 fully saturated rings. The highest BCUT2D eigenvalue weighted by molar-refractivity contribution is 9.11. The van der Waals surface area contributed by atoms with Crippen molar-refractivity contribution < 1.29 is 28.0 Å².